The zero-order chi connectivity index (χ0) is 25.0. The molecule has 11 heteroatoms. The van der Waals surface area contributed by atoms with Crippen molar-refractivity contribution in [3.8, 4) is 6.07 Å². The lowest BCUT2D eigenvalue weighted by Gasteiger charge is -2.43. The van der Waals surface area contributed by atoms with Gasteiger partial charge in [0.05, 0.1) is 28.0 Å². The molecule has 2 aromatic rings. The molecule has 34 heavy (non-hydrogen) atoms. The fraction of sp³-hybridized carbons (Fsp3) is 0.304. The SMILES string of the molecule is CC1(C)CC(=O)C2=C(C1)N(c1cccc(C(F)(F)F)c1)C(N)=C(C#N)[C@H]2c1ccc([N+](=O)[O-])s1. The van der Waals surface area contributed by atoms with E-state index in [1.807, 2.05) is 19.9 Å². The molecule has 176 valence electrons. The Morgan fingerprint density at radius 1 is 1.26 bits per heavy atom. The summed E-state index contributed by atoms with van der Waals surface area (Å²) >= 11 is 0.836. The third-order valence-corrected chi connectivity index (χ3v) is 6.99. The van der Waals surface area contributed by atoms with Gasteiger partial charge < -0.3 is 5.73 Å². The summed E-state index contributed by atoms with van der Waals surface area (Å²) in [5.41, 5.74) is 5.66. The van der Waals surface area contributed by atoms with Crippen LogP contribution in [0.1, 0.15) is 43.0 Å². The van der Waals surface area contributed by atoms with E-state index in [2.05, 4.69) is 0 Å². The van der Waals surface area contributed by atoms with Gasteiger partial charge in [0.15, 0.2) is 5.78 Å². The van der Waals surface area contributed by atoms with Gasteiger partial charge in [-0.1, -0.05) is 31.3 Å². The number of ketones is 1. The lowest BCUT2D eigenvalue weighted by atomic mass is 9.69. The number of benzene rings is 1. The van der Waals surface area contributed by atoms with Crippen LogP contribution in [0.3, 0.4) is 0 Å². The Labute approximate surface area is 196 Å². The normalized spacial score (nSPS) is 20.3. The minimum absolute atomic E-state index is 0.0408. The van der Waals surface area contributed by atoms with Crippen LogP contribution in [-0.2, 0) is 11.0 Å². The fourth-order valence-electron chi connectivity index (χ4n) is 4.51. The second kappa shape index (κ2) is 7.99. The van der Waals surface area contributed by atoms with Crippen molar-refractivity contribution in [3.63, 3.8) is 0 Å². The smallest absolute Gasteiger partial charge is 0.384 e. The van der Waals surface area contributed by atoms with Crippen molar-refractivity contribution in [1.29, 1.82) is 5.26 Å². The van der Waals surface area contributed by atoms with Crippen LogP contribution in [0, 0.1) is 26.9 Å². The van der Waals surface area contributed by atoms with Crippen LogP contribution < -0.4 is 10.6 Å². The van der Waals surface area contributed by atoms with Crippen LogP contribution in [0.5, 0.6) is 0 Å². The maximum atomic E-state index is 13.4. The monoisotopic (exact) mass is 488 g/mol. The zero-order valence-corrected chi connectivity index (χ0v) is 19.0. The van der Waals surface area contributed by atoms with Gasteiger partial charge in [-0.15, -0.1) is 0 Å². The lowest BCUT2D eigenvalue weighted by molar-refractivity contribution is -0.380. The Morgan fingerprint density at radius 3 is 2.56 bits per heavy atom. The van der Waals surface area contributed by atoms with Gasteiger partial charge in [0.1, 0.15) is 5.82 Å². The number of Topliss-reactive ketones (excluding diaryl/α,β-unsaturated/α-hetero) is 1. The van der Waals surface area contributed by atoms with Gasteiger partial charge in [-0.25, -0.2) is 0 Å². The third-order valence-electron chi connectivity index (χ3n) is 5.89. The van der Waals surface area contributed by atoms with Crippen LogP contribution in [-0.4, -0.2) is 10.7 Å². The van der Waals surface area contributed by atoms with Gasteiger partial charge in [-0.05, 0) is 36.1 Å². The van der Waals surface area contributed by atoms with Crippen LogP contribution in [0.25, 0.3) is 0 Å². The minimum Gasteiger partial charge on any atom is -0.384 e. The van der Waals surface area contributed by atoms with Gasteiger partial charge in [-0.3, -0.25) is 19.8 Å². The summed E-state index contributed by atoms with van der Waals surface area (Å²) in [5.74, 6) is -1.30. The number of nitriles is 1. The lowest BCUT2D eigenvalue weighted by Crippen LogP contribution is -2.42. The number of rotatable bonds is 3. The fourth-order valence-corrected chi connectivity index (χ4v) is 5.45. The highest BCUT2D eigenvalue weighted by Gasteiger charge is 2.45. The maximum absolute atomic E-state index is 13.4. The topological polar surface area (TPSA) is 113 Å². The molecular formula is C23H19F3N4O3S. The number of alkyl halides is 3. The van der Waals surface area contributed by atoms with E-state index in [9.17, 15) is 33.3 Å². The summed E-state index contributed by atoms with van der Waals surface area (Å²) in [6.45, 7) is 3.73. The Morgan fingerprint density at radius 2 is 1.97 bits per heavy atom. The molecule has 1 atom stereocenters. The molecular weight excluding hydrogens is 469 g/mol. The number of halogens is 3. The largest absolute Gasteiger partial charge is 0.416 e. The van der Waals surface area contributed by atoms with E-state index in [1.54, 1.807) is 0 Å². The molecule has 0 bridgehead atoms. The van der Waals surface area contributed by atoms with Crippen molar-refractivity contribution in [2.24, 2.45) is 11.1 Å². The summed E-state index contributed by atoms with van der Waals surface area (Å²) in [6.07, 6.45) is -4.13. The van der Waals surface area contributed by atoms with Crippen LogP contribution in [0.4, 0.5) is 23.9 Å². The van der Waals surface area contributed by atoms with E-state index in [1.165, 1.54) is 29.2 Å². The Kier molecular flexibility index (Phi) is 5.52. The van der Waals surface area contributed by atoms with Crippen molar-refractivity contribution >= 4 is 27.8 Å². The maximum Gasteiger partial charge on any atom is 0.416 e. The van der Waals surface area contributed by atoms with Crippen LogP contribution >= 0.6 is 11.3 Å². The van der Waals surface area contributed by atoms with Crippen LogP contribution in [0.2, 0.25) is 0 Å². The van der Waals surface area contributed by atoms with E-state index < -0.39 is 28.0 Å². The van der Waals surface area contributed by atoms with Crippen molar-refractivity contribution in [2.75, 3.05) is 4.90 Å². The predicted octanol–water partition coefficient (Wildman–Crippen LogP) is 5.62. The first-order valence-electron chi connectivity index (χ1n) is 10.2. The van der Waals surface area contributed by atoms with E-state index in [-0.39, 0.29) is 39.9 Å². The highest BCUT2D eigenvalue weighted by molar-refractivity contribution is 7.15. The molecule has 0 radical (unpaired) electrons. The molecule has 0 spiro atoms. The quantitative estimate of drug-likeness (QED) is 0.443. The molecule has 0 saturated carbocycles. The average molecular weight is 488 g/mol. The molecule has 7 nitrogen and oxygen atoms in total. The van der Waals surface area contributed by atoms with Gasteiger partial charge in [0.2, 0.25) is 0 Å². The molecule has 0 fully saturated rings. The van der Waals surface area contributed by atoms with Gasteiger partial charge in [0, 0.05) is 34.3 Å². The Hall–Kier alpha value is -3.65. The predicted molar refractivity (Wildman–Crippen MR) is 120 cm³/mol. The third kappa shape index (κ3) is 3.94. The van der Waals surface area contributed by atoms with E-state index in [4.69, 9.17) is 5.73 Å². The second-order valence-corrected chi connectivity index (χ2v) is 10.1. The van der Waals surface area contributed by atoms with E-state index in [0.717, 1.165) is 23.5 Å². The highest BCUT2D eigenvalue weighted by Crippen LogP contribution is 2.51. The first-order valence-corrected chi connectivity index (χ1v) is 11.0. The van der Waals surface area contributed by atoms with Gasteiger partial charge in [-0.2, -0.15) is 18.4 Å². The summed E-state index contributed by atoms with van der Waals surface area (Å²) < 4.78 is 40.2. The summed E-state index contributed by atoms with van der Waals surface area (Å²) in [4.78, 5) is 25.8. The molecule has 1 aromatic heterocycles. The number of nitrogens with two attached hydrogens (primary N) is 1. The zero-order valence-electron chi connectivity index (χ0n) is 18.1. The molecule has 1 aromatic carbocycles. The summed E-state index contributed by atoms with van der Waals surface area (Å²) in [7, 11) is 0. The first-order chi connectivity index (χ1) is 15.8. The molecule has 0 unspecified atom stereocenters. The second-order valence-electron chi connectivity index (χ2n) is 8.96. The molecule has 2 heterocycles. The molecule has 0 saturated heterocycles. The number of nitro groups is 1. The molecule has 2 aliphatic rings. The van der Waals surface area contributed by atoms with E-state index >= 15 is 0 Å². The van der Waals surface area contributed by atoms with Crippen LogP contribution in [0.15, 0.2) is 59.1 Å². The molecule has 1 aliphatic heterocycles. The number of hydrogen-bond acceptors (Lipinski definition) is 7. The van der Waals surface area contributed by atoms with E-state index in [0.29, 0.717) is 17.0 Å². The molecule has 0 amide bonds. The summed E-state index contributed by atoms with van der Waals surface area (Å²) in [6, 6.07) is 9.30. The Bertz CT molecular complexity index is 1320. The standard InChI is InChI=1S/C23H19F3N4O3S/c1-22(2)9-15-20(16(31)10-22)19(17-6-7-18(34-17)30(32)33)14(11-27)21(28)29(15)13-5-3-4-12(8-13)23(24,25)26/h3-8,19H,9-10,28H2,1-2H3/t19-/m0/s1. The molecule has 2 N–H and O–H groups in total. The first kappa shape index (κ1) is 23.5. The van der Waals surface area contributed by atoms with Crippen molar-refractivity contribution in [3.05, 3.63) is 79.6 Å². The number of carbonyl (C=O) groups excluding carboxylic acids is 1. The minimum atomic E-state index is -4.60. The number of thiophene rings is 1. The highest BCUT2D eigenvalue weighted by atomic mass is 32.1. The number of carbonyl (C=O) groups is 1. The molecule has 4 rings (SSSR count). The summed E-state index contributed by atoms with van der Waals surface area (Å²) in [5, 5.41) is 21.1. The number of allylic oxidation sites excluding steroid dienone is 3. The average Bonchev–Trinajstić information content (AvgIpc) is 3.22. The van der Waals surface area contributed by atoms with Crippen molar-refractivity contribution in [2.45, 2.75) is 38.8 Å². The number of anilines is 1. The number of hydrogen-bond donors (Lipinski definition) is 1. The van der Waals surface area contributed by atoms with Gasteiger partial charge in [0.25, 0.3) is 0 Å². The number of nitrogens with zero attached hydrogens (tertiary/aromatic N) is 3. The molecule has 1 aliphatic carbocycles. The van der Waals surface area contributed by atoms with Crippen molar-refractivity contribution in [1.82, 2.24) is 0 Å². The Balaban J connectivity index is 1.98. The van der Waals surface area contributed by atoms with Gasteiger partial charge >= 0.3 is 11.2 Å². The van der Waals surface area contributed by atoms with Crippen molar-refractivity contribution < 1.29 is 22.9 Å².